The molecule has 0 saturated carbocycles. The Morgan fingerprint density at radius 2 is 1.53 bits per heavy atom. The van der Waals surface area contributed by atoms with Crippen LogP contribution in [0.4, 0.5) is 0 Å². The first kappa shape index (κ1) is 27.4. The Hall–Kier alpha value is -3.14. The van der Waals surface area contributed by atoms with Gasteiger partial charge in [0.05, 0.1) is 5.56 Å². The maximum absolute atomic E-state index is 12.8. The van der Waals surface area contributed by atoms with Crippen molar-refractivity contribution >= 4 is 12.3 Å². The zero-order chi connectivity index (χ0) is 26.9. The van der Waals surface area contributed by atoms with Gasteiger partial charge in [-0.3, -0.25) is 0 Å². The summed E-state index contributed by atoms with van der Waals surface area (Å²) >= 11 is 0. The Labute approximate surface area is 216 Å². The molecule has 1 atom stereocenters. The Morgan fingerprint density at radius 1 is 0.917 bits per heavy atom. The molecule has 0 aliphatic heterocycles. The minimum absolute atomic E-state index is 0.112. The van der Waals surface area contributed by atoms with Crippen LogP contribution < -0.4 is 4.74 Å². The van der Waals surface area contributed by atoms with Crippen LogP contribution in [0.3, 0.4) is 0 Å². The van der Waals surface area contributed by atoms with Crippen LogP contribution in [0, 0.1) is 12.8 Å². The normalized spacial score (nSPS) is 16.6. The fraction of sp³-hybridized carbons (Fsp3) is 0.438. The molecule has 0 radical (unpaired) electrons. The van der Waals surface area contributed by atoms with E-state index in [-0.39, 0.29) is 11.0 Å². The van der Waals surface area contributed by atoms with Gasteiger partial charge in [-0.2, -0.15) is 0 Å². The minimum atomic E-state index is -0.593. The van der Waals surface area contributed by atoms with Gasteiger partial charge in [0.2, 0.25) is 0 Å². The molecule has 192 valence electrons. The monoisotopic (exact) mass is 488 g/mol. The fourth-order valence-corrected chi connectivity index (χ4v) is 4.43. The van der Waals surface area contributed by atoms with Crippen molar-refractivity contribution < 1.29 is 19.1 Å². The second-order valence-electron chi connectivity index (χ2n) is 12.0. The quantitative estimate of drug-likeness (QED) is 0.228. The number of benzene rings is 2. The van der Waals surface area contributed by atoms with Gasteiger partial charge in [0.15, 0.2) is 0 Å². The number of hydrogen-bond donors (Lipinski definition) is 0. The van der Waals surface area contributed by atoms with Crippen molar-refractivity contribution in [2.75, 3.05) is 0 Å². The molecule has 0 heterocycles. The largest absolute Gasteiger partial charge is 0.488 e. The van der Waals surface area contributed by atoms with E-state index in [1.54, 1.807) is 24.3 Å². The van der Waals surface area contributed by atoms with Gasteiger partial charge in [-0.1, -0.05) is 44.2 Å². The highest BCUT2D eigenvalue weighted by atomic mass is 16.5. The second kappa shape index (κ2) is 10.1. The highest BCUT2D eigenvalue weighted by molar-refractivity contribution is 5.91. The first-order chi connectivity index (χ1) is 16.6. The topological polar surface area (TPSA) is 52.6 Å². The van der Waals surface area contributed by atoms with E-state index < -0.39 is 11.4 Å². The third-order valence-electron chi connectivity index (χ3n) is 7.05. The summed E-state index contributed by atoms with van der Waals surface area (Å²) in [6.45, 7) is 18.5. The highest BCUT2D eigenvalue weighted by Crippen LogP contribution is 2.41. The van der Waals surface area contributed by atoms with Crippen LogP contribution in [-0.4, -0.2) is 17.9 Å². The molecule has 0 aromatic heterocycles. The van der Waals surface area contributed by atoms with E-state index in [1.807, 2.05) is 26.8 Å². The van der Waals surface area contributed by atoms with Gasteiger partial charge in [0.1, 0.15) is 23.4 Å². The lowest BCUT2D eigenvalue weighted by Gasteiger charge is -2.36. The molecule has 2 aromatic rings. The summed E-state index contributed by atoms with van der Waals surface area (Å²) in [7, 11) is 0. The van der Waals surface area contributed by atoms with Crippen molar-refractivity contribution in [3.8, 4) is 5.75 Å². The number of esters is 1. The molecule has 1 aliphatic rings. The zero-order valence-electron chi connectivity index (χ0n) is 23.2. The van der Waals surface area contributed by atoms with Gasteiger partial charge >= 0.3 is 5.97 Å². The van der Waals surface area contributed by atoms with E-state index in [2.05, 4.69) is 65.8 Å². The van der Waals surface area contributed by atoms with Crippen LogP contribution in [0.2, 0.25) is 0 Å². The summed E-state index contributed by atoms with van der Waals surface area (Å²) in [6, 6.07) is 13.1. The summed E-state index contributed by atoms with van der Waals surface area (Å²) < 4.78 is 11.9. The molecule has 36 heavy (non-hydrogen) atoms. The van der Waals surface area contributed by atoms with Crippen LogP contribution >= 0.6 is 0 Å². The molecule has 4 heteroatoms. The van der Waals surface area contributed by atoms with Crippen molar-refractivity contribution in [2.24, 2.45) is 5.92 Å². The molecule has 1 aliphatic carbocycles. The van der Waals surface area contributed by atoms with Gasteiger partial charge < -0.3 is 14.3 Å². The zero-order valence-corrected chi connectivity index (χ0v) is 23.2. The van der Waals surface area contributed by atoms with Crippen LogP contribution in [0.1, 0.15) is 88.9 Å². The van der Waals surface area contributed by atoms with E-state index in [9.17, 15) is 9.59 Å². The Kier molecular flexibility index (Phi) is 7.69. The van der Waals surface area contributed by atoms with Crippen molar-refractivity contribution in [3.05, 3.63) is 88.2 Å². The van der Waals surface area contributed by atoms with E-state index in [1.165, 1.54) is 11.1 Å². The number of hydrogen-bond acceptors (Lipinski definition) is 4. The second-order valence-corrected chi connectivity index (χ2v) is 12.0. The van der Waals surface area contributed by atoms with Crippen molar-refractivity contribution in [2.45, 2.75) is 85.2 Å². The number of aryl methyl sites for hydroxylation is 1. The van der Waals surface area contributed by atoms with Crippen LogP contribution in [0.5, 0.6) is 5.75 Å². The van der Waals surface area contributed by atoms with Gasteiger partial charge in [-0.15, -0.1) is 0 Å². The summed E-state index contributed by atoms with van der Waals surface area (Å²) in [5.74, 6) is 1.43. The van der Waals surface area contributed by atoms with Crippen molar-refractivity contribution in [1.82, 2.24) is 0 Å². The minimum Gasteiger partial charge on any atom is -0.488 e. The predicted molar refractivity (Wildman–Crippen MR) is 145 cm³/mol. The summed E-state index contributed by atoms with van der Waals surface area (Å²) in [5, 5.41) is 0. The number of carbonyl (C=O) groups is 2. The molecule has 4 nitrogen and oxygen atoms in total. The average molecular weight is 489 g/mol. The molecule has 0 saturated heterocycles. The number of rotatable bonds is 7. The molecular formula is C32H40O4. The van der Waals surface area contributed by atoms with Crippen molar-refractivity contribution in [3.63, 3.8) is 0 Å². The predicted octanol–water partition coefficient (Wildman–Crippen LogP) is 7.63. The Bertz CT molecular complexity index is 1190. The smallest absolute Gasteiger partial charge is 0.343 e. The lowest BCUT2D eigenvalue weighted by atomic mass is 9.69. The maximum Gasteiger partial charge on any atom is 0.343 e. The highest BCUT2D eigenvalue weighted by Gasteiger charge is 2.33. The van der Waals surface area contributed by atoms with E-state index in [0.717, 1.165) is 29.6 Å². The average Bonchev–Trinajstić information content (AvgIpc) is 2.80. The summed E-state index contributed by atoms with van der Waals surface area (Å²) in [5.41, 5.74) is 3.75. The lowest BCUT2D eigenvalue weighted by Crippen LogP contribution is -2.30. The third kappa shape index (κ3) is 6.16. The Morgan fingerprint density at radius 3 is 2.06 bits per heavy atom. The third-order valence-corrected chi connectivity index (χ3v) is 7.05. The number of ether oxygens (including phenoxy) is 2. The molecule has 2 aromatic carbocycles. The van der Waals surface area contributed by atoms with Gasteiger partial charge in [0, 0.05) is 5.41 Å². The van der Waals surface area contributed by atoms with E-state index in [4.69, 9.17) is 9.47 Å². The fourth-order valence-electron chi connectivity index (χ4n) is 4.43. The van der Waals surface area contributed by atoms with Gasteiger partial charge in [0.25, 0.3) is 0 Å². The molecule has 1 unspecified atom stereocenters. The molecule has 0 fully saturated rings. The number of carbonyl (C=O) groups excluding carboxylic acids is 2. The molecule has 0 N–H and O–H groups in total. The maximum atomic E-state index is 12.8. The van der Waals surface area contributed by atoms with E-state index in [0.29, 0.717) is 17.2 Å². The first-order valence-electron chi connectivity index (χ1n) is 12.6. The standard InChI is InChI=1S/C32H40O4/c1-21-18-25(32(8,9)26-15-17-28(22(2)19-26)36-30(3,4)5)14-16-27(21)35-29(34)23-10-12-24(13-11-23)31(6,7)20-33/h10-18,20,26H,19H2,1-9H3. The Balaban J connectivity index is 1.74. The lowest BCUT2D eigenvalue weighted by molar-refractivity contribution is -0.111. The molecular weight excluding hydrogens is 448 g/mol. The first-order valence-corrected chi connectivity index (χ1v) is 12.6. The molecule has 0 bridgehead atoms. The van der Waals surface area contributed by atoms with Crippen LogP contribution in [0.15, 0.2) is 65.9 Å². The number of allylic oxidation sites excluding steroid dienone is 3. The molecule has 3 rings (SSSR count). The van der Waals surface area contributed by atoms with Crippen LogP contribution in [0.25, 0.3) is 0 Å². The molecule has 0 spiro atoms. The van der Waals surface area contributed by atoms with Gasteiger partial charge in [-0.25, -0.2) is 4.79 Å². The summed E-state index contributed by atoms with van der Waals surface area (Å²) in [6.07, 6.45) is 6.21. The molecule has 0 amide bonds. The van der Waals surface area contributed by atoms with Gasteiger partial charge in [-0.05, 0) is 113 Å². The van der Waals surface area contributed by atoms with Crippen molar-refractivity contribution in [1.29, 1.82) is 0 Å². The number of aldehydes is 1. The summed E-state index contributed by atoms with van der Waals surface area (Å²) in [4.78, 5) is 24.1. The SMILES string of the molecule is CC1=C(OC(C)(C)C)C=CC(C(C)(C)c2ccc(OC(=O)c3ccc(C(C)(C)C=O)cc3)c(C)c2)C1. The van der Waals surface area contributed by atoms with Crippen LogP contribution in [-0.2, 0) is 20.4 Å². The van der Waals surface area contributed by atoms with E-state index >= 15 is 0 Å².